The second-order valence-electron chi connectivity index (χ2n) is 1.94. The lowest BCUT2D eigenvalue weighted by atomic mass is 10.8. The van der Waals surface area contributed by atoms with Crippen LogP contribution in [0.5, 0.6) is 0 Å². The molecule has 0 atom stereocenters. The number of aromatic nitrogens is 3. The highest BCUT2D eigenvalue weighted by molar-refractivity contribution is 14.1. The first-order valence-corrected chi connectivity index (χ1v) is 5.24. The molecule has 0 spiro atoms. The van der Waals surface area contributed by atoms with Crippen LogP contribution in [0.4, 0.5) is 0 Å². The van der Waals surface area contributed by atoms with Gasteiger partial charge in [0.05, 0.1) is 0 Å². The van der Waals surface area contributed by atoms with E-state index in [1.165, 1.54) is 0 Å². The minimum absolute atomic E-state index is 0.828. The van der Waals surface area contributed by atoms with Crippen LogP contribution in [0.15, 0.2) is 5.16 Å². The minimum atomic E-state index is 0.828. The van der Waals surface area contributed by atoms with Gasteiger partial charge in [0.15, 0.2) is 0 Å². The van der Waals surface area contributed by atoms with Crippen molar-refractivity contribution >= 4 is 34.6 Å². The molecule has 6 heteroatoms. The molecule has 0 fully saturated rings. The van der Waals surface area contributed by atoms with Crippen LogP contribution in [0.3, 0.4) is 0 Å². The number of nitrogens with one attached hydrogen (secondary N) is 2. The predicted octanol–water partition coefficient (Wildman–Crippen LogP) is 1.14. The van der Waals surface area contributed by atoms with Crippen LogP contribution in [0.1, 0.15) is 5.82 Å². The molecule has 0 aliphatic heterocycles. The van der Waals surface area contributed by atoms with Gasteiger partial charge in [-0.3, -0.25) is 8.63 Å². The summed E-state index contributed by atoms with van der Waals surface area (Å²) in [6, 6.07) is 0. The molecule has 1 rings (SSSR count). The number of thioether (sulfide) groups is 1. The molecule has 62 valence electrons. The Bertz CT molecular complexity index is 214. The summed E-state index contributed by atoms with van der Waals surface area (Å²) < 4.78 is 3.03. The fourth-order valence-corrected chi connectivity index (χ4v) is 1.90. The van der Waals surface area contributed by atoms with E-state index in [1.807, 2.05) is 6.92 Å². The molecule has 0 saturated heterocycles. The zero-order chi connectivity index (χ0) is 8.10. The summed E-state index contributed by atoms with van der Waals surface area (Å²) in [5.41, 5.74) is 0. The van der Waals surface area contributed by atoms with Crippen molar-refractivity contribution in [1.82, 2.24) is 18.7 Å². The Morgan fingerprint density at radius 1 is 1.73 bits per heavy atom. The highest BCUT2D eigenvalue weighted by Crippen LogP contribution is 2.10. The van der Waals surface area contributed by atoms with Gasteiger partial charge in [-0.25, -0.2) is 4.98 Å². The highest BCUT2D eigenvalue weighted by Gasteiger charge is 1.98. The van der Waals surface area contributed by atoms with Crippen molar-refractivity contribution < 1.29 is 0 Å². The molecule has 0 aromatic carbocycles. The molecule has 11 heavy (non-hydrogen) atoms. The van der Waals surface area contributed by atoms with Crippen LogP contribution in [0, 0.1) is 6.92 Å². The van der Waals surface area contributed by atoms with Crippen molar-refractivity contribution in [3.63, 3.8) is 0 Å². The third kappa shape index (κ3) is 3.39. The van der Waals surface area contributed by atoms with Gasteiger partial charge in [0.2, 0.25) is 5.16 Å². The smallest absolute Gasteiger partial charge is 0.208 e. The fourth-order valence-electron chi connectivity index (χ4n) is 0.568. The van der Waals surface area contributed by atoms with E-state index in [9.17, 15) is 0 Å². The molecule has 0 radical (unpaired) electrons. The first-order valence-electron chi connectivity index (χ1n) is 3.18. The molecule has 4 nitrogen and oxygen atoms in total. The first kappa shape index (κ1) is 9.27. The van der Waals surface area contributed by atoms with E-state index in [2.05, 4.69) is 41.6 Å². The Morgan fingerprint density at radius 2 is 2.55 bits per heavy atom. The lowest BCUT2D eigenvalue weighted by molar-refractivity contribution is 0.965. The molecule has 1 aromatic rings. The van der Waals surface area contributed by atoms with Crippen LogP contribution < -0.4 is 3.53 Å². The first-order chi connectivity index (χ1) is 5.33. The van der Waals surface area contributed by atoms with Gasteiger partial charge in [0, 0.05) is 35.2 Å². The standard InChI is InChI=1S/C5H9IN4S/c1-4-8-5(10-9-4)11-3-2-7-6/h7H,2-3H2,1H3,(H,8,9,10). The van der Waals surface area contributed by atoms with E-state index in [0.29, 0.717) is 0 Å². The van der Waals surface area contributed by atoms with Crippen LogP contribution >= 0.6 is 34.6 Å². The van der Waals surface area contributed by atoms with Crippen molar-refractivity contribution in [2.45, 2.75) is 12.1 Å². The van der Waals surface area contributed by atoms with Crippen LogP contribution in [0.2, 0.25) is 0 Å². The lowest BCUT2D eigenvalue weighted by Gasteiger charge is -1.92. The quantitative estimate of drug-likeness (QED) is 0.377. The molecule has 0 saturated carbocycles. The predicted molar refractivity (Wildman–Crippen MR) is 53.9 cm³/mol. The largest absolute Gasteiger partial charge is 0.262 e. The Balaban J connectivity index is 2.27. The maximum Gasteiger partial charge on any atom is 0.208 e. The van der Waals surface area contributed by atoms with E-state index in [4.69, 9.17) is 0 Å². The number of H-pyrrole nitrogens is 1. The van der Waals surface area contributed by atoms with Crippen LogP contribution in [-0.4, -0.2) is 27.5 Å². The van der Waals surface area contributed by atoms with Crippen LogP contribution in [-0.2, 0) is 0 Å². The van der Waals surface area contributed by atoms with Gasteiger partial charge in [0.25, 0.3) is 0 Å². The minimum Gasteiger partial charge on any atom is -0.262 e. The van der Waals surface area contributed by atoms with Crippen molar-refractivity contribution in [1.29, 1.82) is 0 Å². The molecule has 1 heterocycles. The summed E-state index contributed by atoms with van der Waals surface area (Å²) in [7, 11) is 0. The Hall–Kier alpha value is 0.180. The van der Waals surface area contributed by atoms with Gasteiger partial charge in [0.1, 0.15) is 5.82 Å². The Morgan fingerprint density at radius 3 is 3.09 bits per heavy atom. The molecule has 1 aromatic heterocycles. The van der Waals surface area contributed by atoms with Gasteiger partial charge in [-0.1, -0.05) is 11.8 Å². The summed E-state index contributed by atoms with van der Waals surface area (Å²) in [6.07, 6.45) is 0. The third-order valence-corrected chi connectivity index (χ3v) is 2.39. The number of hydrogen-bond acceptors (Lipinski definition) is 4. The Kier molecular flexibility index (Phi) is 4.16. The molecule has 0 unspecified atom stereocenters. The molecule has 2 N–H and O–H groups in total. The van der Waals surface area contributed by atoms with Crippen LogP contribution in [0.25, 0.3) is 0 Å². The SMILES string of the molecule is Cc1nc(SCCNI)n[nH]1. The molecule has 0 aliphatic carbocycles. The van der Waals surface area contributed by atoms with Crippen molar-refractivity contribution in [3.8, 4) is 0 Å². The van der Waals surface area contributed by atoms with E-state index in [1.54, 1.807) is 11.8 Å². The summed E-state index contributed by atoms with van der Waals surface area (Å²) in [6.45, 7) is 2.87. The average molecular weight is 284 g/mol. The van der Waals surface area contributed by atoms with Crippen molar-refractivity contribution in [3.05, 3.63) is 5.82 Å². The normalized spacial score (nSPS) is 10.4. The number of aromatic amines is 1. The van der Waals surface area contributed by atoms with Gasteiger partial charge in [-0.05, 0) is 6.92 Å². The zero-order valence-electron chi connectivity index (χ0n) is 6.09. The lowest BCUT2D eigenvalue weighted by Crippen LogP contribution is -2.02. The van der Waals surface area contributed by atoms with Crippen molar-refractivity contribution in [2.75, 3.05) is 12.3 Å². The summed E-state index contributed by atoms with van der Waals surface area (Å²) in [4.78, 5) is 4.15. The van der Waals surface area contributed by atoms with E-state index in [-0.39, 0.29) is 0 Å². The Labute approximate surface area is 83.4 Å². The summed E-state index contributed by atoms with van der Waals surface area (Å²) in [5, 5.41) is 7.60. The van der Waals surface area contributed by atoms with Crippen molar-refractivity contribution in [2.24, 2.45) is 0 Å². The topological polar surface area (TPSA) is 53.6 Å². The van der Waals surface area contributed by atoms with Gasteiger partial charge in [-0.15, -0.1) is 5.10 Å². The van der Waals surface area contributed by atoms with E-state index < -0.39 is 0 Å². The number of hydrogen-bond donors (Lipinski definition) is 2. The van der Waals surface area contributed by atoms with E-state index >= 15 is 0 Å². The van der Waals surface area contributed by atoms with E-state index in [0.717, 1.165) is 23.3 Å². The number of halogens is 1. The molecule has 0 amide bonds. The molecular weight excluding hydrogens is 275 g/mol. The monoisotopic (exact) mass is 284 g/mol. The number of nitrogens with zero attached hydrogens (tertiary/aromatic N) is 2. The third-order valence-electron chi connectivity index (χ3n) is 1.00. The highest BCUT2D eigenvalue weighted by atomic mass is 127. The zero-order valence-corrected chi connectivity index (χ0v) is 9.07. The van der Waals surface area contributed by atoms with Gasteiger partial charge < -0.3 is 0 Å². The molecule has 0 aliphatic rings. The molecule has 0 bridgehead atoms. The summed E-state index contributed by atoms with van der Waals surface area (Å²) in [5.74, 6) is 1.87. The maximum atomic E-state index is 4.15. The summed E-state index contributed by atoms with van der Waals surface area (Å²) >= 11 is 3.77. The maximum absolute atomic E-state index is 4.15. The van der Waals surface area contributed by atoms with Gasteiger partial charge >= 0.3 is 0 Å². The fraction of sp³-hybridized carbons (Fsp3) is 0.600. The second-order valence-corrected chi connectivity index (χ2v) is 3.76. The van der Waals surface area contributed by atoms with Gasteiger partial charge in [-0.2, -0.15) is 0 Å². The second kappa shape index (κ2) is 4.94. The average Bonchev–Trinajstić information content (AvgIpc) is 2.37. The molecular formula is C5H9IN4S. The number of aryl methyl sites for hydroxylation is 1. The number of rotatable bonds is 4.